The van der Waals surface area contributed by atoms with Gasteiger partial charge in [0.1, 0.15) is 5.82 Å². The van der Waals surface area contributed by atoms with Crippen molar-refractivity contribution in [1.82, 2.24) is 20.1 Å². The molecule has 3 N–H and O–H groups in total. The lowest BCUT2D eigenvalue weighted by atomic mass is 9.95. The normalized spacial score (nSPS) is 16.9. The molecule has 1 aliphatic rings. The Morgan fingerprint density at radius 3 is 2.50 bits per heavy atom. The fraction of sp³-hybridized carbons (Fsp3) is 0.500. The van der Waals surface area contributed by atoms with Crippen LogP contribution in [0.25, 0.3) is 11.4 Å². The molecule has 3 rings (SSSR count). The molecule has 2 aromatic rings. The fourth-order valence-electron chi connectivity index (χ4n) is 3.26. The smallest absolute Gasteiger partial charge is 0.248 e. The molecule has 128 valence electrons. The van der Waals surface area contributed by atoms with Crippen LogP contribution in [0.15, 0.2) is 24.3 Å². The van der Waals surface area contributed by atoms with E-state index in [1.165, 1.54) is 19.3 Å². The number of hydrogen-bond donors (Lipinski definition) is 2. The van der Waals surface area contributed by atoms with E-state index in [4.69, 9.17) is 15.8 Å². The molecule has 0 spiro atoms. The first-order valence-corrected chi connectivity index (χ1v) is 8.64. The number of carbonyl (C=O) groups excluding carboxylic acids is 1. The minimum absolute atomic E-state index is 0.137. The van der Waals surface area contributed by atoms with Gasteiger partial charge in [0.2, 0.25) is 5.91 Å². The quantitative estimate of drug-likeness (QED) is 0.884. The van der Waals surface area contributed by atoms with Crippen molar-refractivity contribution in [3.63, 3.8) is 0 Å². The third-order valence-electron chi connectivity index (χ3n) is 4.83. The summed E-state index contributed by atoms with van der Waals surface area (Å²) in [5, 5.41) is 8.06. The van der Waals surface area contributed by atoms with Crippen molar-refractivity contribution < 1.29 is 4.79 Å². The van der Waals surface area contributed by atoms with Crippen molar-refractivity contribution in [2.24, 2.45) is 5.73 Å². The Bertz CT molecular complexity index is 701. The van der Waals surface area contributed by atoms with E-state index in [2.05, 4.69) is 16.9 Å². The van der Waals surface area contributed by atoms with Crippen LogP contribution in [-0.4, -0.2) is 27.7 Å². The van der Waals surface area contributed by atoms with Crippen molar-refractivity contribution in [2.45, 2.75) is 51.1 Å². The molecule has 0 radical (unpaired) electrons. The van der Waals surface area contributed by atoms with Gasteiger partial charge in [-0.25, -0.2) is 9.67 Å². The average molecular weight is 327 g/mol. The number of nitrogens with one attached hydrogen (secondary N) is 1. The highest BCUT2D eigenvalue weighted by molar-refractivity contribution is 5.93. The number of rotatable bonds is 5. The van der Waals surface area contributed by atoms with Crippen LogP contribution in [0.1, 0.15) is 67.3 Å². The van der Waals surface area contributed by atoms with E-state index in [1.807, 2.05) is 19.2 Å². The summed E-state index contributed by atoms with van der Waals surface area (Å²) in [6.07, 6.45) is 6.13. The Kier molecular flexibility index (Phi) is 4.94. The Balaban J connectivity index is 1.96. The van der Waals surface area contributed by atoms with E-state index in [0.717, 1.165) is 24.2 Å². The summed E-state index contributed by atoms with van der Waals surface area (Å²) in [7, 11) is 1.94. The molecule has 1 fully saturated rings. The van der Waals surface area contributed by atoms with E-state index in [9.17, 15) is 4.79 Å². The van der Waals surface area contributed by atoms with Crippen LogP contribution < -0.4 is 11.1 Å². The van der Waals surface area contributed by atoms with Gasteiger partial charge in [-0.2, -0.15) is 5.10 Å². The molecule has 1 aromatic carbocycles. The largest absolute Gasteiger partial charge is 0.366 e. The summed E-state index contributed by atoms with van der Waals surface area (Å²) in [6.45, 7) is 2.10. The maximum absolute atomic E-state index is 11.2. The standard InChI is InChI=1S/C18H25N5O/c1-12(20-2)18-21-17(14-10-8-13(9-11-14)16(19)24)22-23(18)15-6-4-3-5-7-15/h8-12,15,20H,3-7H2,1-2H3,(H2,19,24)/t12-/m0/s1. The maximum atomic E-state index is 11.2. The first-order chi connectivity index (χ1) is 11.6. The SMILES string of the molecule is CN[C@@H](C)c1nc(-c2ccc(C(N)=O)cc2)nn1C1CCCCC1. The van der Waals surface area contributed by atoms with Crippen molar-refractivity contribution in [2.75, 3.05) is 7.05 Å². The summed E-state index contributed by atoms with van der Waals surface area (Å²) < 4.78 is 2.11. The lowest BCUT2D eigenvalue weighted by Crippen LogP contribution is -2.22. The molecule has 1 atom stereocenters. The second-order valence-corrected chi connectivity index (χ2v) is 6.48. The van der Waals surface area contributed by atoms with Gasteiger partial charge >= 0.3 is 0 Å². The Hall–Kier alpha value is -2.21. The molecule has 0 saturated heterocycles. The zero-order valence-corrected chi connectivity index (χ0v) is 14.3. The minimum Gasteiger partial charge on any atom is -0.366 e. The number of primary amides is 1. The summed E-state index contributed by atoms with van der Waals surface area (Å²) >= 11 is 0. The molecule has 6 nitrogen and oxygen atoms in total. The number of carbonyl (C=O) groups is 1. The highest BCUT2D eigenvalue weighted by Gasteiger charge is 2.23. The van der Waals surface area contributed by atoms with Crippen LogP contribution in [0.4, 0.5) is 0 Å². The third kappa shape index (κ3) is 3.33. The predicted molar refractivity (Wildman–Crippen MR) is 93.6 cm³/mol. The monoisotopic (exact) mass is 327 g/mol. The zero-order chi connectivity index (χ0) is 17.1. The minimum atomic E-state index is -0.424. The van der Waals surface area contributed by atoms with Crippen molar-refractivity contribution in [1.29, 1.82) is 0 Å². The molecular weight excluding hydrogens is 302 g/mol. The Morgan fingerprint density at radius 2 is 1.92 bits per heavy atom. The molecule has 24 heavy (non-hydrogen) atoms. The van der Waals surface area contributed by atoms with E-state index in [1.54, 1.807) is 12.1 Å². The number of amides is 1. The van der Waals surface area contributed by atoms with Gasteiger partial charge in [0.15, 0.2) is 5.82 Å². The van der Waals surface area contributed by atoms with Gasteiger partial charge in [0.25, 0.3) is 0 Å². The molecular formula is C18H25N5O. The summed E-state index contributed by atoms with van der Waals surface area (Å²) in [5.74, 6) is 1.25. The second-order valence-electron chi connectivity index (χ2n) is 6.48. The summed E-state index contributed by atoms with van der Waals surface area (Å²) in [4.78, 5) is 16.0. The van der Waals surface area contributed by atoms with E-state index < -0.39 is 5.91 Å². The van der Waals surface area contributed by atoms with Crippen LogP contribution in [-0.2, 0) is 0 Å². The van der Waals surface area contributed by atoms with Gasteiger partial charge in [-0.1, -0.05) is 31.4 Å². The van der Waals surface area contributed by atoms with E-state index in [0.29, 0.717) is 17.4 Å². The molecule has 1 aromatic heterocycles. The van der Waals surface area contributed by atoms with E-state index in [-0.39, 0.29) is 6.04 Å². The number of nitrogens with zero attached hydrogens (tertiary/aromatic N) is 3. The zero-order valence-electron chi connectivity index (χ0n) is 14.3. The first-order valence-electron chi connectivity index (χ1n) is 8.64. The van der Waals surface area contributed by atoms with Gasteiger partial charge in [0.05, 0.1) is 12.1 Å². The average Bonchev–Trinajstić information content (AvgIpc) is 3.07. The summed E-state index contributed by atoms with van der Waals surface area (Å²) in [5.41, 5.74) is 6.70. The molecule has 1 saturated carbocycles. The topological polar surface area (TPSA) is 85.8 Å². The second kappa shape index (κ2) is 7.13. The third-order valence-corrected chi connectivity index (χ3v) is 4.83. The number of hydrogen-bond acceptors (Lipinski definition) is 4. The van der Waals surface area contributed by atoms with E-state index >= 15 is 0 Å². The predicted octanol–water partition coefficient (Wildman–Crippen LogP) is 2.83. The van der Waals surface area contributed by atoms with Crippen LogP contribution in [0, 0.1) is 0 Å². The molecule has 0 unspecified atom stereocenters. The molecule has 1 aliphatic carbocycles. The van der Waals surface area contributed by atoms with Crippen LogP contribution in [0.2, 0.25) is 0 Å². The Morgan fingerprint density at radius 1 is 1.25 bits per heavy atom. The van der Waals surface area contributed by atoms with Crippen LogP contribution >= 0.6 is 0 Å². The lowest BCUT2D eigenvalue weighted by molar-refractivity contribution is 0.100. The summed E-state index contributed by atoms with van der Waals surface area (Å²) in [6, 6.07) is 7.72. The van der Waals surface area contributed by atoms with Gasteiger partial charge in [0, 0.05) is 11.1 Å². The molecule has 0 bridgehead atoms. The highest BCUT2D eigenvalue weighted by Crippen LogP contribution is 2.31. The number of nitrogens with two attached hydrogens (primary N) is 1. The van der Waals surface area contributed by atoms with Gasteiger partial charge in [-0.3, -0.25) is 4.79 Å². The van der Waals surface area contributed by atoms with Gasteiger partial charge < -0.3 is 11.1 Å². The van der Waals surface area contributed by atoms with Crippen LogP contribution in [0.5, 0.6) is 0 Å². The molecule has 6 heteroatoms. The fourth-order valence-corrected chi connectivity index (χ4v) is 3.26. The maximum Gasteiger partial charge on any atom is 0.248 e. The van der Waals surface area contributed by atoms with Crippen LogP contribution in [0.3, 0.4) is 0 Å². The number of aromatic nitrogens is 3. The Labute approximate surface area is 142 Å². The lowest BCUT2D eigenvalue weighted by Gasteiger charge is -2.24. The van der Waals surface area contributed by atoms with Crippen molar-refractivity contribution in [3.05, 3.63) is 35.7 Å². The van der Waals surface area contributed by atoms with Gasteiger partial charge in [-0.05, 0) is 38.9 Å². The number of benzene rings is 1. The molecule has 0 aliphatic heterocycles. The molecule has 1 heterocycles. The first kappa shape index (κ1) is 16.6. The van der Waals surface area contributed by atoms with Crippen molar-refractivity contribution in [3.8, 4) is 11.4 Å². The molecule has 1 amide bonds. The van der Waals surface area contributed by atoms with Crippen molar-refractivity contribution >= 4 is 5.91 Å². The highest BCUT2D eigenvalue weighted by atomic mass is 16.1. The van der Waals surface area contributed by atoms with Gasteiger partial charge in [-0.15, -0.1) is 0 Å².